The van der Waals surface area contributed by atoms with E-state index in [4.69, 9.17) is 55.7 Å². The Bertz CT molecular complexity index is 2280. The fourth-order valence-corrected chi connectivity index (χ4v) is 7.30. The number of nitrogens with two attached hydrogens (primary N) is 2. The van der Waals surface area contributed by atoms with Crippen molar-refractivity contribution >= 4 is 97.3 Å². The SMILES string of the molecule is C.Nc1nc(Cl)cc(Cl)n1.Nc1nc(Cl)cc(N(CCOCc2nc3ccccc3[nH]2)Cc2cccs2)n1.c1csc(CNCCOCc2nc3ccccc3[nH]2)c1. The van der Waals surface area contributed by atoms with Crippen molar-refractivity contribution in [1.29, 1.82) is 0 Å². The Balaban J connectivity index is 0.000000186. The number of H-pyrrole nitrogens is 2. The fraction of sp³-hybridized carbons (Fsp3) is 0.231. The molecule has 6 heterocycles. The number of aromatic amines is 2. The van der Waals surface area contributed by atoms with Crippen LogP contribution in [0.2, 0.25) is 15.5 Å². The van der Waals surface area contributed by atoms with Gasteiger partial charge in [0, 0.05) is 41.5 Å². The predicted octanol–water partition coefficient (Wildman–Crippen LogP) is 8.81. The molecule has 7 N–H and O–H groups in total. The minimum Gasteiger partial charge on any atom is -0.372 e. The summed E-state index contributed by atoms with van der Waals surface area (Å²) in [5.41, 5.74) is 14.9. The second-order valence-electron chi connectivity index (χ2n) is 12.0. The lowest BCUT2D eigenvalue weighted by molar-refractivity contribution is 0.118. The van der Waals surface area contributed by atoms with E-state index in [0.29, 0.717) is 50.5 Å². The van der Waals surface area contributed by atoms with Crippen LogP contribution in [0.15, 0.2) is 95.7 Å². The average molecular weight is 882 g/mol. The van der Waals surface area contributed by atoms with Crippen LogP contribution in [0.1, 0.15) is 28.8 Å². The Morgan fingerprint density at radius 2 is 1.17 bits per heavy atom. The minimum atomic E-state index is 0. The molecule has 14 nitrogen and oxygen atoms in total. The number of nitrogens with one attached hydrogen (secondary N) is 3. The maximum atomic E-state index is 6.06. The van der Waals surface area contributed by atoms with Crippen LogP contribution in [0.3, 0.4) is 0 Å². The molecule has 0 radical (unpaired) electrons. The quantitative estimate of drug-likeness (QED) is 0.0486. The van der Waals surface area contributed by atoms with Gasteiger partial charge in [-0.2, -0.15) is 4.98 Å². The van der Waals surface area contributed by atoms with Crippen molar-refractivity contribution in [2.75, 3.05) is 42.7 Å². The van der Waals surface area contributed by atoms with E-state index in [1.165, 1.54) is 15.8 Å². The smallest absolute Gasteiger partial charge is 0.223 e. The third kappa shape index (κ3) is 14.2. The number of rotatable bonds is 15. The number of hydrogen-bond donors (Lipinski definition) is 5. The molecule has 0 spiro atoms. The van der Waals surface area contributed by atoms with Crippen molar-refractivity contribution in [3.63, 3.8) is 0 Å². The first-order valence-corrected chi connectivity index (χ1v) is 20.5. The first-order chi connectivity index (χ1) is 27.8. The number of fused-ring (bicyclic) bond motifs is 2. The van der Waals surface area contributed by atoms with Crippen LogP contribution in [-0.2, 0) is 35.8 Å². The van der Waals surface area contributed by atoms with Crippen LogP contribution in [0.25, 0.3) is 22.1 Å². The highest BCUT2D eigenvalue weighted by molar-refractivity contribution is 7.10. The molecule has 2 aromatic carbocycles. The number of anilines is 3. The summed E-state index contributed by atoms with van der Waals surface area (Å²) < 4.78 is 11.5. The normalized spacial score (nSPS) is 10.7. The third-order valence-electron chi connectivity index (χ3n) is 7.79. The molecule has 0 saturated carbocycles. The van der Waals surface area contributed by atoms with Crippen molar-refractivity contribution in [2.24, 2.45) is 0 Å². The second-order valence-corrected chi connectivity index (χ2v) is 15.3. The molecule has 8 aromatic rings. The maximum Gasteiger partial charge on any atom is 0.223 e. The van der Waals surface area contributed by atoms with Crippen molar-refractivity contribution in [1.82, 2.24) is 45.2 Å². The number of aromatic nitrogens is 8. The van der Waals surface area contributed by atoms with E-state index in [2.05, 4.69) is 73.7 Å². The van der Waals surface area contributed by atoms with E-state index < -0.39 is 0 Å². The van der Waals surface area contributed by atoms with E-state index in [9.17, 15) is 0 Å². The zero-order chi connectivity index (χ0) is 39.8. The van der Waals surface area contributed by atoms with Gasteiger partial charge in [-0.25, -0.2) is 24.9 Å². The van der Waals surface area contributed by atoms with E-state index in [1.807, 2.05) is 60.0 Å². The molecule has 0 saturated heterocycles. The van der Waals surface area contributed by atoms with Crippen LogP contribution >= 0.6 is 57.5 Å². The van der Waals surface area contributed by atoms with Crippen molar-refractivity contribution in [3.05, 3.63) is 133 Å². The highest BCUT2D eigenvalue weighted by Crippen LogP contribution is 2.21. The summed E-state index contributed by atoms with van der Waals surface area (Å²) in [7, 11) is 0. The number of para-hydroxylation sites is 4. The number of nitrogens with zero attached hydrogens (tertiary/aromatic N) is 7. The Kier molecular flexibility index (Phi) is 17.4. The minimum absolute atomic E-state index is 0. The van der Waals surface area contributed by atoms with Gasteiger partial charge in [0.25, 0.3) is 0 Å². The fourth-order valence-electron chi connectivity index (χ4n) is 5.29. The molecule has 0 aliphatic carbocycles. The number of hydrogen-bond acceptors (Lipinski definition) is 14. The Labute approximate surface area is 359 Å². The van der Waals surface area contributed by atoms with Crippen LogP contribution in [0, 0.1) is 0 Å². The van der Waals surface area contributed by atoms with E-state index in [0.717, 1.165) is 46.8 Å². The highest BCUT2D eigenvalue weighted by atomic mass is 35.5. The Morgan fingerprint density at radius 3 is 1.71 bits per heavy atom. The lowest BCUT2D eigenvalue weighted by Gasteiger charge is -2.23. The van der Waals surface area contributed by atoms with Gasteiger partial charge in [-0.15, -0.1) is 22.7 Å². The second kappa shape index (κ2) is 22.9. The van der Waals surface area contributed by atoms with Crippen LogP contribution in [0.4, 0.5) is 17.7 Å². The van der Waals surface area contributed by atoms with Crippen molar-refractivity contribution < 1.29 is 9.47 Å². The van der Waals surface area contributed by atoms with Gasteiger partial charge in [0.15, 0.2) is 0 Å². The number of ether oxygens (including phenoxy) is 2. The molecule has 0 unspecified atom stereocenters. The molecule has 0 atom stereocenters. The lowest BCUT2D eigenvalue weighted by atomic mass is 10.3. The molecule has 0 amide bonds. The molecule has 0 bridgehead atoms. The Hall–Kier alpha value is -4.91. The molecule has 0 aliphatic rings. The first kappa shape index (κ1) is 44.2. The van der Waals surface area contributed by atoms with Gasteiger partial charge in [0.05, 0.1) is 41.8 Å². The summed E-state index contributed by atoms with van der Waals surface area (Å²) in [5, 5.41) is 8.33. The topological polar surface area (TPSA) is 195 Å². The van der Waals surface area contributed by atoms with Gasteiger partial charge in [0.2, 0.25) is 11.9 Å². The maximum absolute atomic E-state index is 6.06. The van der Waals surface area contributed by atoms with Gasteiger partial charge in [-0.1, -0.05) is 78.6 Å². The standard InChI is InChI=1S/C19H19ClN6OS.C15H17N3OS.C4H3Cl2N3.CH4/c20-16-10-18(25-19(21)24-16)26(11-13-4-3-9-28-13)7-8-27-12-17-22-14-5-1-2-6-15(14)23-17;1-2-6-14-13(5-1)17-15(18-14)11-19-8-7-16-10-12-4-3-9-20-12;5-2-1-3(6)9-4(7)8-2;/h1-6,9-10H,7-8,11-12H2,(H,22,23)(H2,21,24,25);1-6,9,16H,7-8,10-11H2,(H,17,18);1H,(H2,7,8,9);1H4. The molecule has 19 heteroatoms. The van der Waals surface area contributed by atoms with Crippen LogP contribution in [0.5, 0.6) is 0 Å². The van der Waals surface area contributed by atoms with Gasteiger partial charge < -0.3 is 41.1 Å². The van der Waals surface area contributed by atoms with E-state index in [1.54, 1.807) is 28.7 Å². The van der Waals surface area contributed by atoms with E-state index in [-0.39, 0.29) is 29.6 Å². The molecular weight excluding hydrogens is 839 g/mol. The largest absolute Gasteiger partial charge is 0.372 e. The molecule has 8 rings (SSSR count). The molecule has 0 fully saturated rings. The number of nitrogen functional groups attached to an aromatic ring is 2. The van der Waals surface area contributed by atoms with Gasteiger partial charge in [-0.3, -0.25) is 0 Å². The monoisotopic (exact) mass is 880 g/mol. The van der Waals surface area contributed by atoms with Gasteiger partial charge in [-0.05, 0) is 47.2 Å². The molecule has 0 aliphatic heterocycles. The zero-order valence-electron chi connectivity index (χ0n) is 30.4. The van der Waals surface area contributed by atoms with Crippen LogP contribution < -0.4 is 21.7 Å². The van der Waals surface area contributed by atoms with E-state index >= 15 is 0 Å². The summed E-state index contributed by atoms with van der Waals surface area (Å²) in [6.45, 7) is 5.20. The number of benzene rings is 2. The summed E-state index contributed by atoms with van der Waals surface area (Å²) in [6, 6.07) is 27.4. The third-order valence-corrected chi connectivity index (χ3v) is 10.1. The first-order valence-electron chi connectivity index (χ1n) is 17.6. The van der Waals surface area contributed by atoms with Crippen LogP contribution in [-0.4, -0.2) is 66.2 Å². The number of halogens is 3. The number of imidazole rings is 2. The highest BCUT2D eigenvalue weighted by Gasteiger charge is 2.13. The van der Waals surface area contributed by atoms with Gasteiger partial charge in [0.1, 0.15) is 46.1 Å². The summed E-state index contributed by atoms with van der Waals surface area (Å²) in [4.78, 5) is 35.6. The average Bonchev–Trinajstić information content (AvgIpc) is 4.02. The molecular formula is C39H43Cl3N12O2S2. The lowest BCUT2D eigenvalue weighted by Crippen LogP contribution is -2.28. The van der Waals surface area contributed by atoms with Crippen molar-refractivity contribution in [3.8, 4) is 0 Å². The number of thiophene rings is 2. The molecule has 58 heavy (non-hydrogen) atoms. The molecule has 304 valence electrons. The molecule has 6 aromatic heterocycles. The van der Waals surface area contributed by atoms with Gasteiger partial charge >= 0.3 is 0 Å². The summed E-state index contributed by atoms with van der Waals surface area (Å²) >= 11 is 20.4. The zero-order valence-corrected chi connectivity index (χ0v) is 34.3. The Morgan fingerprint density at radius 1 is 0.638 bits per heavy atom. The summed E-state index contributed by atoms with van der Waals surface area (Å²) in [5.74, 6) is 2.61. The summed E-state index contributed by atoms with van der Waals surface area (Å²) in [6.07, 6.45) is 0. The van der Waals surface area contributed by atoms with Crippen molar-refractivity contribution in [2.45, 2.75) is 33.7 Å². The predicted molar refractivity (Wildman–Crippen MR) is 238 cm³/mol.